The van der Waals surface area contributed by atoms with E-state index in [1.807, 2.05) is 18.2 Å². The smallest absolute Gasteiger partial charge is 0.127 e. The Balaban J connectivity index is 2.28. The minimum absolute atomic E-state index is 0.253. The van der Waals surface area contributed by atoms with Crippen molar-refractivity contribution in [2.45, 2.75) is 12.5 Å². The summed E-state index contributed by atoms with van der Waals surface area (Å²) in [5.41, 5.74) is 8.05. The first-order valence-electron chi connectivity index (χ1n) is 6.36. The summed E-state index contributed by atoms with van der Waals surface area (Å²) in [5, 5.41) is 0. The van der Waals surface area contributed by atoms with Gasteiger partial charge >= 0.3 is 0 Å². The third-order valence-electron chi connectivity index (χ3n) is 3.21. The number of halogens is 1. The molecule has 4 heteroatoms. The van der Waals surface area contributed by atoms with Crippen molar-refractivity contribution in [2.75, 3.05) is 14.2 Å². The molecule has 0 spiro atoms. The first-order chi connectivity index (χ1) is 9.65. The molecule has 20 heavy (non-hydrogen) atoms. The molecule has 2 aromatic rings. The van der Waals surface area contributed by atoms with Crippen molar-refractivity contribution in [1.82, 2.24) is 0 Å². The van der Waals surface area contributed by atoms with Gasteiger partial charge in [-0.3, -0.25) is 0 Å². The number of rotatable bonds is 5. The van der Waals surface area contributed by atoms with Crippen LogP contribution in [0, 0.1) is 5.82 Å². The van der Waals surface area contributed by atoms with Crippen LogP contribution < -0.4 is 15.2 Å². The molecule has 1 atom stereocenters. The maximum absolute atomic E-state index is 12.9. The van der Waals surface area contributed by atoms with Crippen LogP contribution in [0.15, 0.2) is 42.5 Å². The monoisotopic (exact) mass is 275 g/mol. The maximum Gasteiger partial charge on any atom is 0.127 e. The Bertz CT molecular complexity index is 547. The predicted molar refractivity (Wildman–Crippen MR) is 76.6 cm³/mol. The molecule has 2 rings (SSSR count). The quantitative estimate of drug-likeness (QED) is 0.912. The second-order valence-electron chi connectivity index (χ2n) is 4.51. The van der Waals surface area contributed by atoms with Gasteiger partial charge in [-0.05, 0) is 36.2 Å². The van der Waals surface area contributed by atoms with Gasteiger partial charge < -0.3 is 15.2 Å². The van der Waals surface area contributed by atoms with Crippen LogP contribution in [0.25, 0.3) is 0 Å². The zero-order valence-corrected chi connectivity index (χ0v) is 11.6. The van der Waals surface area contributed by atoms with Gasteiger partial charge in [0.25, 0.3) is 0 Å². The summed E-state index contributed by atoms with van der Waals surface area (Å²) < 4.78 is 23.6. The van der Waals surface area contributed by atoms with Crippen LogP contribution in [0.2, 0.25) is 0 Å². The molecule has 0 heterocycles. The standard InChI is InChI=1S/C16H18FNO2/c1-19-14-4-3-5-15(20-2)16(14)13(18)10-11-6-8-12(17)9-7-11/h3-9,13H,10,18H2,1-2H3. The molecule has 0 aliphatic carbocycles. The fourth-order valence-corrected chi connectivity index (χ4v) is 2.22. The van der Waals surface area contributed by atoms with Crippen molar-refractivity contribution in [3.05, 3.63) is 59.4 Å². The minimum atomic E-state index is -0.286. The zero-order chi connectivity index (χ0) is 14.5. The van der Waals surface area contributed by atoms with Gasteiger partial charge in [-0.2, -0.15) is 0 Å². The second kappa shape index (κ2) is 6.39. The van der Waals surface area contributed by atoms with E-state index in [0.717, 1.165) is 11.1 Å². The van der Waals surface area contributed by atoms with E-state index in [1.165, 1.54) is 12.1 Å². The van der Waals surface area contributed by atoms with Gasteiger partial charge in [0, 0.05) is 6.04 Å². The molecule has 0 saturated carbocycles. The lowest BCUT2D eigenvalue weighted by Crippen LogP contribution is -2.15. The molecule has 0 bridgehead atoms. The highest BCUT2D eigenvalue weighted by atomic mass is 19.1. The first kappa shape index (κ1) is 14.3. The highest BCUT2D eigenvalue weighted by molar-refractivity contribution is 5.47. The topological polar surface area (TPSA) is 44.5 Å². The summed E-state index contributed by atoms with van der Waals surface area (Å²) in [5.74, 6) is 1.13. The molecule has 0 saturated heterocycles. The Morgan fingerprint density at radius 2 is 1.55 bits per heavy atom. The van der Waals surface area contributed by atoms with Gasteiger partial charge in [0.05, 0.1) is 19.8 Å². The molecule has 2 N–H and O–H groups in total. The molecule has 2 aromatic carbocycles. The lowest BCUT2D eigenvalue weighted by Gasteiger charge is -2.19. The lowest BCUT2D eigenvalue weighted by atomic mass is 9.98. The van der Waals surface area contributed by atoms with E-state index in [4.69, 9.17) is 15.2 Å². The Hall–Kier alpha value is -2.07. The van der Waals surface area contributed by atoms with E-state index in [0.29, 0.717) is 17.9 Å². The molecule has 106 valence electrons. The predicted octanol–water partition coefficient (Wildman–Crippen LogP) is 3.09. The molecule has 0 radical (unpaired) electrons. The van der Waals surface area contributed by atoms with Gasteiger partial charge in [0.1, 0.15) is 17.3 Å². The third kappa shape index (κ3) is 3.08. The van der Waals surface area contributed by atoms with Crippen LogP contribution in [-0.2, 0) is 6.42 Å². The summed E-state index contributed by atoms with van der Waals surface area (Å²) in [7, 11) is 3.20. The molecule has 0 aromatic heterocycles. The Kier molecular flexibility index (Phi) is 4.58. The maximum atomic E-state index is 12.9. The van der Waals surface area contributed by atoms with E-state index >= 15 is 0 Å². The summed E-state index contributed by atoms with van der Waals surface area (Å²) in [6.07, 6.45) is 0.580. The molecule has 1 unspecified atom stereocenters. The third-order valence-corrected chi connectivity index (χ3v) is 3.21. The molecule has 0 aliphatic rings. The SMILES string of the molecule is COc1cccc(OC)c1C(N)Cc1ccc(F)cc1. The molecule has 0 fully saturated rings. The number of ether oxygens (including phenoxy) is 2. The van der Waals surface area contributed by atoms with Crippen molar-refractivity contribution >= 4 is 0 Å². The fraction of sp³-hybridized carbons (Fsp3) is 0.250. The summed E-state index contributed by atoms with van der Waals surface area (Å²) in [6, 6.07) is 11.6. The molecule has 0 amide bonds. The fourth-order valence-electron chi connectivity index (χ4n) is 2.22. The minimum Gasteiger partial charge on any atom is -0.496 e. The van der Waals surface area contributed by atoms with E-state index in [2.05, 4.69) is 0 Å². The number of hydrogen-bond acceptors (Lipinski definition) is 3. The average molecular weight is 275 g/mol. The van der Waals surface area contributed by atoms with Crippen LogP contribution in [0.1, 0.15) is 17.2 Å². The number of hydrogen-bond donors (Lipinski definition) is 1. The van der Waals surface area contributed by atoms with Crippen molar-refractivity contribution < 1.29 is 13.9 Å². The van der Waals surface area contributed by atoms with Gasteiger partial charge in [-0.15, -0.1) is 0 Å². The Labute approximate surface area is 118 Å². The van der Waals surface area contributed by atoms with Crippen molar-refractivity contribution in [3.63, 3.8) is 0 Å². The summed E-state index contributed by atoms with van der Waals surface area (Å²) >= 11 is 0. The highest BCUT2D eigenvalue weighted by Crippen LogP contribution is 2.34. The largest absolute Gasteiger partial charge is 0.496 e. The number of benzene rings is 2. The number of methoxy groups -OCH3 is 2. The number of nitrogens with two attached hydrogens (primary N) is 1. The van der Waals surface area contributed by atoms with Crippen LogP contribution >= 0.6 is 0 Å². The van der Waals surface area contributed by atoms with Crippen molar-refractivity contribution in [1.29, 1.82) is 0 Å². The lowest BCUT2D eigenvalue weighted by molar-refractivity contribution is 0.379. The normalized spacial score (nSPS) is 12.0. The Morgan fingerprint density at radius 3 is 2.05 bits per heavy atom. The summed E-state index contributed by atoms with van der Waals surface area (Å²) in [4.78, 5) is 0. The second-order valence-corrected chi connectivity index (χ2v) is 4.51. The first-order valence-corrected chi connectivity index (χ1v) is 6.36. The van der Waals surface area contributed by atoms with Crippen molar-refractivity contribution in [3.8, 4) is 11.5 Å². The van der Waals surface area contributed by atoms with Crippen molar-refractivity contribution in [2.24, 2.45) is 5.73 Å². The van der Waals surface area contributed by atoms with Gasteiger partial charge in [-0.25, -0.2) is 4.39 Å². The molecular weight excluding hydrogens is 257 g/mol. The van der Waals surface area contributed by atoms with Gasteiger partial charge in [-0.1, -0.05) is 18.2 Å². The van der Waals surface area contributed by atoms with Crippen LogP contribution in [-0.4, -0.2) is 14.2 Å². The van der Waals surface area contributed by atoms with Gasteiger partial charge in [0.15, 0.2) is 0 Å². The Morgan fingerprint density at radius 1 is 1.00 bits per heavy atom. The van der Waals surface area contributed by atoms with Crippen LogP contribution in [0.4, 0.5) is 4.39 Å². The van der Waals surface area contributed by atoms with Gasteiger partial charge in [0.2, 0.25) is 0 Å². The summed E-state index contributed by atoms with van der Waals surface area (Å²) in [6.45, 7) is 0. The van der Waals surface area contributed by atoms with Crippen LogP contribution in [0.5, 0.6) is 11.5 Å². The van der Waals surface area contributed by atoms with E-state index < -0.39 is 0 Å². The molecule has 0 aliphatic heterocycles. The highest BCUT2D eigenvalue weighted by Gasteiger charge is 2.17. The van der Waals surface area contributed by atoms with E-state index in [1.54, 1.807) is 26.4 Å². The van der Waals surface area contributed by atoms with Crippen LogP contribution in [0.3, 0.4) is 0 Å². The zero-order valence-electron chi connectivity index (χ0n) is 11.6. The molecular formula is C16H18FNO2. The van der Waals surface area contributed by atoms with E-state index in [9.17, 15) is 4.39 Å². The van der Waals surface area contributed by atoms with E-state index in [-0.39, 0.29) is 11.9 Å². The molecule has 3 nitrogen and oxygen atoms in total. The average Bonchev–Trinajstić information content (AvgIpc) is 2.48.